The Balaban J connectivity index is 1.96. The van der Waals surface area contributed by atoms with Crippen molar-refractivity contribution in [2.45, 2.75) is 31.6 Å². The van der Waals surface area contributed by atoms with Gasteiger partial charge in [-0.25, -0.2) is 0 Å². The quantitative estimate of drug-likeness (QED) is 0.725. The first kappa shape index (κ1) is 9.64. The van der Waals surface area contributed by atoms with E-state index in [2.05, 4.69) is 6.07 Å². The van der Waals surface area contributed by atoms with Crippen LogP contribution in [0.25, 0.3) is 11.0 Å². The van der Waals surface area contributed by atoms with Crippen LogP contribution in [0.3, 0.4) is 0 Å². The van der Waals surface area contributed by atoms with Crippen molar-refractivity contribution in [2.75, 3.05) is 0 Å². The largest absolute Gasteiger partial charge is 0.461 e. The number of carbonyl (C=O) groups excluding carboxylic acids is 1. The first-order valence-electron chi connectivity index (χ1n) is 5.83. The van der Waals surface area contributed by atoms with Gasteiger partial charge in [0.1, 0.15) is 17.1 Å². The van der Waals surface area contributed by atoms with E-state index in [0.29, 0.717) is 18.1 Å². The summed E-state index contributed by atoms with van der Waals surface area (Å²) in [4.78, 5) is 11.4. The number of rotatable bonds is 1. The number of furan rings is 1. The minimum Gasteiger partial charge on any atom is -0.461 e. The predicted molar refractivity (Wildman–Crippen MR) is 62.4 cm³/mol. The maximum Gasteiger partial charge on any atom is 0.134 e. The van der Waals surface area contributed by atoms with Gasteiger partial charge >= 0.3 is 0 Å². The second-order valence-corrected chi connectivity index (χ2v) is 4.52. The van der Waals surface area contributed by atoms with E-state index in [9.17, 15) is 4.79 Å². The van der Waals surface area contributed by atoms with Crippen molar-refractivity contribution in [3.05, 3.63) is 36.1 Å². The van der Waals surface area contributed by atoms with Crippen LogP contribution in [-0.4, -0.2) is 5.78 Å². The Morgan fingerprint density at radius 2 is 2.12 bits per heavy atom. The molecule has 0 radical (unpaired) electrons. The van der Waals surface area contributed by atoms with E-state index in [0.717, 1.165) is 36.0 Å². The fourth-order valence-corrected chi connectivity index (χ4v) is 2.47. The van der Waals surface area contributed by atoms with E-state index < -0.39 is 0 Å². The molecule has 82 valence electrons. The van der Waals surface area contributed by atoms with Crippen LogP contribution in [0.15, 0.2) is 34.7 Å². The SMILES string of the molecule is O=C1CCCC(c2cc3ccccc3o2)C1. The van der Waals surface area contributed by atoms with Gasteiger partial charge in [-0.15, -0.1) is 0 Å². The van der Waals surface area contributed by atoms with Crippen molar-refractivity contribution in [2.24, 2.45) is 0 Å². The summed E-state index contributed by atoms with van der Waals surface area (Å²) in [6.45, 7) is 0. The molecule has 0 amide bonds. The number of Topliss-reactive ketones (excluding diaryl/α,β-unsaturated/α-hetero) is 1. The molecule has 3 rings (SSSR count). The highest BCUT2D eigenvalue weighted by atomic mass is 16.3. The average Bonchev–Trinajstić information content (AvgIpc) is 2.72. The van der Waals surface area contributed by atoms with Crippen LogP contribution in [0.2, 0.25) is 0 Å². The molecule has 1 unspecified atom stereocenters. The highest BCUT2D eigenvalue weighted by Crippen LogP contribution is 2.34. The monoisotopic (exact) mass is 214 g/mol. The minimum atomic E-state index is 0.300. The molecule has 0 spiro atoms. The van der Waals surface area contributed by atoms with Gasteiger partial charge in [0.15, 0.2) is 0 Å². The molecule has 2 nitrogen and oxygen atoms in total. The summed E-state index contributed by atoms with van der Waals surface area (Å²) in [5.41, 5.74) is 0.926. The van der Waals surface area contributed by atoms with Crippen molar-refractivity contribution in [1.82, 2.24) is 0 Å². The third kappa shape index (κ3) is 1.64. The molecule has 1 atom stereocenters. The Bertz CT molecular complexity index is 491. The maximum atomic E-state index is 11.4. The molecule has 2 aromatic rings. The van der Waals surface area contributed by atoms with E-state index in [1.807, 2.05) is 24.3 Å². The summed E-state index contributed by atoms with van der Waals surface area (Å²) in [7, 11) is 0. The van der Waals surface area contributed by atoms with Gasteiger partial charge < -0.3 is 4.42 Å². The standard InChI is InChI=1S/C14H14O2/c15-12-6-3-5-10(8-12)14-9-11-4-1-2-7-13(11)16-14/h1-2,4,7,9-10H,3,5-6,8H2. The zero-order chi connectivity index (χ0) is 11.0. The van der Waals surface area contributed by atoms with E-state index >= 15 is 0 Å². The number of benzene rings is 1. The van der Waals surface area contributed by atoms with Gasteiger partial charge in [-0.1, -0.05) is 18.2 Å². The molecule has 1 aromatic heterocycles. The lowest BCUT2D eigenvalue weighted by Gasteiger charge is -2.18. The zero-order valence-electron chi connectivity index (χ0n) is 9.11. The molecular formula is C14H14O2. The lowest BCUT2D eigenvalue weighted by molar-refractivity contribution is -0.120. The van der Waals surface area contributed by atoms with Crippen molar-refractivity contribution in [1.29, 1.82) is 0 Å². The number of fused-ring (bicyclic) bond motifs is 1. The van der Waals surface area contributed by atoms with Gasteiger partial charge in [0.2, 0.25) is 0 Å². The third-order valence-electron chi connectivity index (χ3n) is 3.33. The maximum absolute atomic E-state index is 11.4. The summed E-state index contributed by atoms with van der Waals surface area (Å²) in [5.74, 6) is 1.65. The van der Waals surface area contributed by atoms with Crippen LogP contribution in [-0.2, 0) is 4.79 Å². The second kappa shape index (κ2) is 3.78. The van der Waals surface area contributed by atoms with Crippen LogP contribution in [0.5, 0.6) is 0 Å². The highest BCUT2D eigenvalue weighted by molar-refractivity contribution is 5.81. The van der Waals surface area contributed by atoms with Crippen molar-refractivity contribution >= 4 is 16.8 Å². The highest BCUT2D eigenvalue weighted by Gasteiger charge is 2.23. The lowest BCUT2D eigenvalue weighted by Crippen LogP contribution is -2.12. The molecule has 0 bridgehead atoms. The molecule has 1 aliphatic rings. The number of hydrogen-bond donors (Lipinski definition) is 0. The Morgan fingerprint density at radius 1 is 1.25 bits per heavy atom. The normalized spacial score (nSPS) is 21.5. The van der Waals surface area contributed by atoms with Gasteiger partial charge in [0.25, 0.3) is 0 Å². The smallest absolute Gasteiger partial charge is 0.134 e. The molecule has 0 saturated heterocycles. The number of para-hydroxylation sites is 1. The van der Waals surface area contributed by atoms with Crippen LogP contribution >= 0.6 is 0 Å². The van der Waals surface area contributed by atoms with Gasteiger partial charge in [-0.3, -0.25) is 4.79 Å². The Labute approximate surface area is 94.3 Å². The Kier molecular flexibility index (Phi) is 2.28. The first-order valence-corrected chi connectivity index (χ1v) is 5.83. The fraction of sp³-hybridized carbons (Fsp3) is 0.357. The zero-order valence-corrected chi connectivity index (χ0v) is 9.11. The Morgan fingerprint density at radius 3 is 2.94 bits per heavy atom. The first-order chi connectivity index (χ1) is 7.83. The molecule has 1 aliphatic carbocycles. The molecule has 1 heterocycles. The molecule has 0 aliphatic heterocycles. The second-order valence-electron chi connectivity index (χ2n) is 4.52. The van der Waals surface area contributed by atoms with E-state index in [1.54, 1.807) is 0 Å². The molecular weight excluding hydrogens is 200 g/mol. The summed E-state index contributed by atoms with van der Waals surface area (Å²) in [5, 5.41) is 1.13. The van der Waals surface area contributed by atoms with Gasteiger partial charge in [0.05, 0.1) is 0 Å². The molecule has 2 heteroatoms. The number of hydrogen-bond acceptors (Lipinski definition) is 2. The van der Waals surface area contributed by atoms with Crippen molar-refractivity contribution in [3.63, 3.8) is 0 Å². The minimum absolute atomic E-state index is 0.300. The fourth-order valence-electron chi connectivity index (χ4n) is 2.47. The Hall–Kier alpha value is -1.57. The molecule has 16 heavy (non-hydrogen) atoms. The third-order valence-corrected chi connectivity index (χ3v) is 3.33. The van der Waals surface area contributed by atoms with Crippen LogP contribution in [0.1, 0.15) is 37.4 Å². The predicted octanol–water partition coefficient (Wildman–Crippen LogP) is 3.66. The number of carbonyl (C=O) groups is 1. The van der Waals surface area contributed by atoms with Gasteiger partial charge in [-0.05, 0) is 25.0 Å². The van der Waals surface area contributed by atoms with Crippen LogP contribution < -0.4 is 0 Å². The van der Waals surface area contributed by atoms with E-state index in [4.69, 9.17) is 4.42 Å². The van der Waals surface area contributed by atoms with Gasteiger partial charge in [0, 0.05) is 24.1 Å². The van der Waals surface area contributed by atoms with Crippen molar-refractivity contribution in [3.8, 4) is 0 Å². The average molecular weight is 214 g/mol. The van der Waals surface area contributed by atoms with Crippen LogP contribution in [0.4, 0.5) is 0 Å². The van der Waals surface area contributed by atoms with E-state index in [-0.39, 0.29) is 0 Å². The summed E-state index contributed by atoms with van der Waals surface area (Å²) in [6.07, 6.45) is 3.47. The van der Waals surface area contributed by atoms with Crippen molar-refractivity contribution < 1.29 is 9.21 Å². The lowest BCUT2D eigenvalue weighted by atomic mass is 9.87. The van der Waals surface area contributed by atoms with Gasteiger partial charge in [-0.2, -0.15) is 0 Å². The molecule has 1 aromatic carbocycles. The van der Waals surface area contributed by atoms with E-state index in [1.165, 1.54) is 0 Å². The molecule has 1 fully saturated rings. The van der Waals surface area contributed by atoms with Crippen LogP contribution in [0, 0.1) is 0 Å². The number of ketones is 1. The summed E-state index contributed by atoms with van der Waals surface area (Å²) < 4.78 is 5.80. The molecule has 1 saturated carbocycles. The summed E-state index contributed by atoms with van der Waals surface area (Å²) >= 11 is 0. The molecule has 0 N–H and O–H groups in total. The summed E-state index contributed by atoms with van der Waals surface area (Å²) in [6, 6.07) is 10.1. The topological polar surface area (TPSA) is 30.2 Å².